The Hall–Kier alpha value is -2.63. The topological polar surface area (TPSA) is 117 Å². The van der Waals surface area contributed by atoms with Crippen molar-refractivity contribution in [2.75, 3.05) is 12.4 Å². The second kappa shape index (κ2) is 12.3. The number of benzene rings is 2. The van der Waals surface area contributed by atoms with E-state index in [4.69, 9.17) is 14.7 Å². The molecular formula is C22H25IN2O6. The van der Waals surface area contributed by atoms with Crippen LogP contribution in [-0.2, 0) is 14.3 Å². The standard InChI is InChI=1S/C22H25IN2O6/c1-14-7-10-16(11-8-14)24-22(28)31-21(17-13-15(23)9-12-18(17)26)19(30-2)5-3-4-6-20(27)25-29/h4,6-13,19,21,26,29H,3,5H2,1-2H3,(H,24,28)(H,25,27)/b6-4+/t19-,21-/m1/s1. The summed E-state index contributed by atoms with van der Waals surface area (Å²) < 4.78 is 12.1. The van der Waals surface area contributed by atoms with Gasteiger partial charge in [0, 0.05) is 28.0 Å². The molecule has 0 heterocycles. The maximum absolute atomic E-state index is 12.6. The number of anilines is 1. The van der Waals surface area contributed by atoms with E-state index in [0.717, 1.165) is 9.13 Å². The SMILES string of the molecule is CO[C@H](CC/C=C/C(=O)NO)[C@H](OC(=O)Nc1ccc(C)cc1)c1cc(I)ccc1O. The van der Waals surface area contributed by atoms with E-state index in [2.05, 4.69) is 27.9 Å². The van der Waals surface area contributed by atoms with Gasteiger partial charge in [0.2, 0.25) is 0 Å². The van der Waals surface area contributed by atoms with Crippen LogP contribution in [0.3, 0.4) is 0 Å². The van der Waals surface area contributed by atoms with Crippen LogP contribution in [0.1, 0.15) is 30.1 Å². The highest BCUT2D eigenvalue weighted by Gasteiger charge is 2.29. The Morgan fingerprint density at radius 3 is 2.55 bits per heavy atom. The van der Waals surface area contributed by atoms with Crippen molar-refractivity contribution in [2.24, 2.45) is 0 Å². The lowest BCUT2D eigenvalue weighted by Gasteiger charge is -2.27. The van der Waals surface area contributed by atoms with Gasteiger partial charge in [0.25, 0.3) is 5.91 Å². The van der Waals surface area contributed by atoms with Gasteiger partial charge in [-0.3, -0.25) is 15.3 Å². The average molecular weight is 540 g/mol. The van der Waals surface area contributed by atoms with Gasteiger partial charge in [-0.25, -0.2) is 10.3 Å². The number of hydrogen-bond acceptors (Lipinski definition) is 6. The molecule has 0 saturated heterocycles. The van der Waals surface area contributed by atoms with Gasteiger partial charge in [-0.1, -0.05) is 23.8 Å². The molecule has 0 unspecified atom stereocenters. The van der Waals surface area contributed by atoms with Crippen LogP contribution in [0, 0.1) is 10.5 Å². The highest BCUT2D eigenvalue weighted by Crippen LogP contribution is 2.34. The van der Waals surface area contributed by atoms with Crippen molar-refractivity contribution in [3.05, 3.63) is 69.3 Å². The van der Waals surface area contributed by atoms with Crippen molar-refractivity contribution in [2.45, 2.75) is 32.0 Å². The van der Waals surface area contributed by atoms with Crippen molar-refractivity contribution >= 4 is 40.3 Å². The molecular weight excluding hydrogens is 515 g/mol. The minimum Gasteiger partial charge on any atom is -0.508 e. The fraction of sp³-hybridized carbons (Fsp3) is 0.273. The molecule has 0 aliphatic rings. The number of carbonyl (C=O) groups is 2. The Morgan fingerprint density at radius 2 is 1.90 bits per heavy atom. The third kappa shape index (κ3) is 7.85. The van der Waals surface area contributed by atoms with E-state index in [0.29, 0.717) is 24.1 Å². The average Bonchev–Trinajstić information content (AvgIpc) is 2.75. The molecule has 9 heteroatoms. The summed E-state index contributed by atoms with van der Waals surface area (Å²) in [6.07, 6.45) is 1.37. The molecule has 166 valence electrons. The largest absolute Gasteiger partial charge is 0.508 e. The minimum absolute atomic E-state index is 0.0224. The first-order chi connectivity index (χ1) is 14.8. The number of rotatable bonds is 9. The molecule has 2 aromatic rings. The van der Waals surface area contributed by atoms with E-state index in [9.17, 15) is 14.7 Å². The Morgan fingerprint density at radius 1 is 1.19 bits per heavy atom. The number of hydrogen-bond donors (Lipinski definition) is 4. The van der Waals surface area contributed by atoms with Crippen LogP contribution in [0.25, 0.3) is 0 Å². The number of ether oxygens (including phenoxy) is 2. The maximum Gasteiger partial charge on any atom is 0.412 e. The van der Waals surface area contributed by atoms with Crippen LogP contribution in [0.15, 0.2) is 54.6 Å². The molecule has 0 radical (unpaired) electrons. The lowest BCUT2D eigenvalue weighted by atomic mass is 9.99. The number of methoxy groups -OCH3 is 1. The predicted octanol–water partition coefficient (Wildman–Crippen LogP) is 4.45. The second-order valence-electron chi connectivity index (χ2n) is 6.75. The monoisotopic (exact) mass is 540 g/mol. The number of carbonyl (C=O) groups excluding carboxylic acids is 2. The van der Waals surface area contributed by atoms with E-state index in [1.54, 1.807) is 30.3 Å². The van der Waals surface area contributed by atoms with Crippen molar-refractivity contribution in [3.63, 3.8) is 0 Å². The Balaban J connectivity index is 2.21. The summed E-state index contributed by atoms with van der Waals surface area (Å²) in [5.41, 5.74) is 3.56. The quantitative estimate of drug-likeness (QED) is 0.162. The number of phenols is 1. The third-order valence-electron chi connectivity index (χ3n) is 4.47. The number of nitrogens with one attached hydrogen (secondary N) is 2. The van der Waals surface area contributed by atoms with E-state index in [1.807, 2.05) is 19.1 Å². The number of allylic oxidation sites excluding steroid dienone is 1. The number of hydroxylamine groups is 1. The highest BCUT2D eigenvalue weighted by molar-refractivity contribution is 14.1. The summed E-state index contributed by atoms with van der Waals surface area (Å²) in [4.78, 5) is 23.7. The summed E-state index contributed by atoms with van der Waals surface area (Å²) in [6, 6.07) is 12.3. The van der Waals surface area contributed by atoms with Gasteiger partial charge in [0.15, 0.2) is 6.10 Å². The number of amides is 2. The summed E-state index contributed by atoms with van der Waals surface area (Å²) >= 11 is 2.11. The lowest BCUT2D eigenvalue weighted by molar-refractivity contribution is -0.124. The number of halogens is 1. The Kier molecular flexibility index (Phi) is 9.76. The van der Waals surface area contributed by atoms with Crippen molar-refractivity contribution in [3.8, 4) is 5.75 Å². The van der Waals surface area contributed by atoms with E-state index >= 15 is 0 Å². The summed E-state index contributed by atoms with van der Waals surface area (Å²) in [6.45, 7) is 1.94. The zero-order valence-corrected chi connectivity index (χ0v) is 19.3. The molecule has 0 fully saturated rings. The summed E-state index contributed by atoms with van der Waals surface area (Å²) in [5.74, 6) is -0.666. The molecule has 0 bridgehead atoms. The molecule has 2 aromatic carbocycles. The second-order valence-corrected chi connectivity index (χ2v) is 8.00. The predicted molar refractivity (Wildman–Crippen MR) is 124 cm³/mol. The molecule has 0 aromatic heterocycles. The molecule has 0 aliphatic heterocycles. The molecule has 31 heavy (non-hydrogen) atoms. The molecule has 2 amide bonds. The van der Waals surface area contributed by atoms with Crippen LogP contribution in [0.4, 0.5) is 10.5 Å². The molecule has 0 saturated carbocycles. The van der Waals surface area contributed by atoms with Crippen molar-refractivity contribution in [1.82, 2.24) is 5.48 Å². The smallest absolute Gasteiger partial charge is 0.412 e. The lowest BCUT2D eigenvalue weighted by Crippen LogP contribution is -2.28. The first-order valence-corrected chi connectivity index (χ1v) is 10.6. The van der Waals surface area contributed by atoms with E-state index in [1.165, 1.54) is 24.7 Å². The van der Waals surface area contributed by atoms with Crippen LogP contribution >= 0.6 is 22.6 Å². The maximum atomic E-state index is 12.6. The van der Waals surface area contributed by atoms with Gasteiger partial charge >= 0.3 is 6.09 Å². The van der Waals surface area contributed by atoms with Crippen LogP contribution in [-0.4, -0.2) is 35.5 Å². The minimum atomic E-state index is -0.898. The van der Waals surface area contributed by atoms with Gasteiger partial charge in [0.05, 0.1) is 6.10 Å². The molecule has 2 atom stereocenters. The highest BCUT2D eigenvalue weighted by atomic mass is 127. The zero-order chi connectivity index (χ0) is 22.8. The molecule has 0 spiro atoms. The van der Waals surface area contributed by atoms with Gasteiger partial charge in [0.1, 0.15) is 5.75 Å². The van der Waals surface area contributed by atoms with E-state index < -0.39 is 24.2 Å². The summed E-state index contributed by atoms with van der Waals surface area (Å²) in [7, 11) is 1.48. The van der Waals surface area contributed by atoms with Crippen LogP contribution in [0.5, 0.6) is 5.75 Å². The summed E-state index contributed by atoms with van der Waals surface area (Å²) in [5, 5.41) is 21.6. The van der Waals surface area contributed by atoms with Crippen LogP contribution in [0.2, 0.25) is 0 Å². The number of aromatic hydroxyl groups is 1. The fourth-order valence-electron chi connectivity index (χ4n) is 2.87. The van der Waals surface area contributed by atoms with Crippen molar-refractivity contribution < 1.29 is 29.4 Å². The first-order valence-electron chi connectivity index (χ1n) is 9.50. The number of phenolic OH excluding ortho intramolecular Hbond substituents is 1. The fourth-order valence-corrected chi connectivity index (χ4v) is 3.39. The first kappa shape index (κ1) is 24.6. The van der Waals surface area contributed by atoms with Gasteiger partial charge < -0.3 is 14.6 Å². The van der Waals surface area contributed by atoms with Crippen molar-refractivity contribution in [1.29, 1.82) is 0 Å². The van der Waals surface area contributed by atoms with Gasteiger partial charge in [-0.2, -0.15) is 0 Å². The molecule has 8 nitrogen and oxygen atoms in total. The van der Waals surface area contributed by atoms with Crippen LogP contribution < -0.4 is 10.8 Å². The zero-order valence-electron chi connectivity index (χ0n) is 17.2. The molecule has 0 aliphatic carbocycles. The Labute approximate surface area is 194 Å². The molecule has 4 N–H and O–H groups in total. The van der Waals surface area contributed by atoms with E-state index in [-0.39, 0.29) is 5.75 Å². The van der Waals surface area contributed by atoms with Gasteiger partial charge in [-0.15, -0.1) is 0 Å². The molecule has 2 rings (SSSR count). The third-order valence-corrected chi connectivity index (χ3v) is 5.14. The Bertz CT molecular complexity index is 917. The van der Waals surface area contributed by atoms with Gasteiger partial charge in [-0.05, 0) is 72.7 Å². The number of aryl methyl sites for hydroxylation is 1. The normalized spacial score (nSPS) is 12.9.